The second-order valence-corrected chi connectivity index (χ2v) is 6.53. The van der Waals surface area contributed by atoms with E-state index >= 15 is 0 Å². The number of hydrogen-bond acceptors (Lipinski definition) is 3. The van der Waals surface area contributed by atoms with Crippen molar-refractivity contribution in [3.8, 4) is 0 Å². The van der Waals surface area contributed by atoms with Gasteiger partial charge in [0, 0.05) is 31.2 Å². The van der Waals surface area contributed by atoms with Gasteiger partial charge in [-0.15, -0.1) is 0 Å². The third kappa shape index (κ3) is 3.15. The van der Waals surface area contributed by atoms with Gasteiger partial charge < -0.3 is 15.3 Å². The molecule has 3 aliphatic rings. The number of carboxylic acid groups (broad SMARTS) is 1. The average Bonchev–Trinajstić information content (AvgIpc) is 3.06. The van der Waals surface area contributed by atoms with Crippen LogP contribution in [0.15, 0.2) is 0 Å². The summed E-state index contributed by atoms with van der Waals surface area (Å²) in [5.74, 6) is -0.820. The highest BCUT2D eigenvalue weighted by atomic mass is 16.4. The third-order valence-electron chi connectivity index (χ3n) is 5.21. The minimum Gasteiger partial charge on any atom is -0.481 e. The predicted molar refractivity (Wildman–Crippen MR) is 78.1 cm³/mol. The molecule has 118 valence electrons. The number of likely N-dealkylation sites (tertiary alicyclic amines) is 1. The van der Waals surface area contributed by atoms with Crippen molar-refractivity contribution in [1.29, 1.82) is 0 Å². The maximum absolute atomic E-state index is 12.5. The molecule has 3 atom stereocenters. The van der Waals surface area contributed by atoms with Crippen molar-refractivity contribution >= 4 is 12.0 Å². The second kappa shape index (κ2) is 6.22. The number of carboxylic acids is 1. The van der Waals surface area contributed by atoms with Crippen molar-refractivity contribution < 1.29 is 14.7 Å². The number of piperidine rings is 1. The summed E-state index contributed by atoms with van der Waals surface area (Å²) in [4.78, 5) is 27.6. The Hall–Kier alpha value is -1.30. The first kappa shape index (κ1) is 14.6. The van der Waals surface area contributed by atoms with Gasteiger partial charge in [0.2, 0.25) is 0 Å². The van der Waals surface area contributed by atoms with Crippen LogP contribution in [-0.2, 0) is 4.79 Å². The number of aliphatic carboxylic acids is 1. The predicted octanol–water partition coefficient (Wildman–Crippen LogP) is 1.26. The largest absolute Gasteiger partial charge is 0.481 e. The smallest absolute Gasteiger partial charge is 0.317 e. The Kier molecular flexibility index (Phi) is 4.33. The number of fused-ring (bicyclic) bond motifs is 1. The van der Waals surface area contributed by atoms with E-state index < -0.39 is 5.97 Å². The van der Waals surface area contributed by atoms with Crippen molar-refractivity contribution in [2.24, 2.45) is 0 Å². The van der Waals surface area contributed by atoms with Crippen molar-refractivity contribution in [1.82, 2.24) is 15.1 Å². The number of rotatable bonds is 3. The molecule has 0 aliphatic carbocycles. The van der Waals surface area contributed by atoms with E-state index in [1.165, 1.54) is 19.3 Å². The van der Waals surface area contributed by atoms with Crippen LogP contribution in [0.25, 0.3) is 0 Å². The monoisotopic (exact) mass is 295 g/mol. The molecule has 0 spiro atoms. The van der Waals surface area contributed by atoms with Crippen LogP contribution in [0.1, 0.15) is 44.9 Å². The van der Waals surface area contributed by atoms with Crippen LogP contribution in [0.4, 0.5) is 4.79 Å². The highest BCUT2D eigenvalue weighted by molar-refractivity contribution is 5.76. The van der Waals surface area contributed by atoms with Crippen molar-refractivity contribution in [2.45, 2.75) is 63.1 Å². The summed E-state index contributed by atoms with van der Waals surface area (Å²) >= 11 is 0. The Morgan fingerprint density at radius 1 is 1.05 bits per heavy atom. The summed E-state index contributed by atoms with van der Waals surface area (Å²) in [6, 6.07) is 0.537. The number of hydrogen-bond donors (Lipinski definition) is 2. The van der Waals surface area contributed by atoms with Crippen LogP contribution in [-0.4, -0.2) is 64.7 Å². The van der Waals surface area contributed by atoms with Gasteiger partial charge in [-0.05, 0) is 38.6 Å². The van der Waals surface area contributed by atoms with E-state index in [4.69, 9.17) is 5.11 Å². The first-order chi connectivity index (χ1) is 10.1. The Morgan fingerprint density at radius 2 is 1.90 bits per heavy atom. The molecule has 0 aromatic rings. The maximum atomic E-state index is 12.5. The molecule has 6 nitrogen and oxygen atoms in total. The molecular weight excluding hydrogens is 270 g/mol. The van der Waals surface area contributed by atoms with Crippen LogP contribution >= 0.6 is 0 Å². The van der Waals surface area contributed by atoms with E-state index in [1.807, 2.05) is 0 Å². The molecule has 0 saturated carbocycles. The molecule has 0 bridgehead atoms. The number of carbonyl (C=O) groups excluding carboxylic acids is 1. The molecule has 3 aliphatic heterocycles. The van der Waals surface area contributed by atoms with Crippen LogP contribution in [0.5, 0.6) is 0 Å². The maximum Gasteiger partial charge on any atom is 0.317 e. The fraction of sp³-hybridized carbons (Fsp3) is 0.867. The van der Waals surface area contributed by atoms with E-state index in [0.717, 1.165) is 32.4 Å². The Balaban J connectivity index is 1.57. The molecule has 21 heavy (non-hydrogen) atoms. The average molecular weight is 295 g/mol. The standard InChI is InChI=1S/C15H25N3O3/c19-14(20)10-11-4-3-8-18(11)15(21)16-12-6-9-17-7-2-1-5-13(12)17/h11-13H,1-10H2,(H,16,21)(H,19,20). The van der Waals surface area contributed by atoms with Crippen LogP contribution in [0.3, 0.4) is 0 Å². The summed E-state index contributed by atoms with van der Waals surface area (Å²) in [6.07, 6.45) is 6.49. The molecule has 3 rings (SSSR count). The van der Waals surface area contributed by atoms with E-state index in [9.17, 15) is 9.59 Å². The molecule has 0 aromatic heterocycles. The lowest BCUT2D eigenvalue weighted by molar-refractivity contribution is -0.137. The zero-order valence-electron chi connectivity index (χ0n) is 12.5. The number of carbonyl (C=O) groups is 2. The molecule has 2 amide bonds. The molecule has 0 radical (unpaired) electrons. The first-order valence-electron chi connectivity index (χ1n) is 8.18. The van der Waals surface area contributed by atoms with Gasteiger partial charge in [0.1, 0.15) is 0 Å². The van der Waals surface area contributed by atoms with E-state index in [2.05, 4.69) is 10.2 Å². The van der Waals surface area contributed by atoms with Crippen LogP contribution < -0.4 is 5.32 Å². The fourth-order valence-electron chi connectivity index (χ4n) is 4.17. The number of nitrogens with zero attached hydrogens (tertiary/aromatic N) is 2. The van der Waals surface area contributed by atoms with Crippen LogP contribution in [0, 0.1) is 0 Å². The summed E-state index contributed by atoms with van der Waals surface area (Å²) in [6.45, 7) is 2.92. The highest BCUT2D eigenvalue weighted by Crippen LogP contribution is 2.28. The third-order valence-corrected chi connectivity index (χ3v) is 5.21. The van der Waals surface area contributed by atoms with E-state index in [-0.39, 0.29) is 24.5 Å². The van der Waals surface area contributed by atoms with Gasteiger partial charge in [0.05, 0.1) is 6.42 Å². The zero-order chi connectivity index (χ0) is 14.8. The zero-order valence-corrected chi connectivity index (χ0v) is 12.5. The lowest BCUT2D eigenvalue weighted by atomic mass is 9.99. The van der Waals surface area contributed by atoms with Gasteiger partial charge in [-0.25, -0.2) is 4.79 Å². The normalized spacial score (nSPS) is 33.0. The molecule has 3 saturated heterocycles. The summed E-state index contributed by atoms with van der Waals surface area (Å²) in [5.41, 5.74) is 0. The van der Waals surface area contributed by atoms with Gasteiger partial charge in [0.25, 0.3) is 0 Å². The SMILES string of the molecule is O=C(O)CC1CCCN1C(=O)NC1CCN2CCCCC12. The molecule has 2 N–H and O–H groups in total. The lowest BCUT2D eigenvalue weighted by Gasteiger charge is -2.33. The Bertz CT molecular complexity index is 415. The van der Waals surface area contributed by atoms with Crippen LogP contribution in [0.2, 0.25) is 0 Å². The molecule has 3 unspecified atom stereocenters. The first-order valence-corrected chi connectivity index (χ1v) is 8.18. The number of nitrogens with one attached hydrogen (secondary N) is 1. The van der Waals surface area contributed by atoms with Crippen molar-refractivity contribution in [3.05, 3.63) is 0 Å². The summed E-state index contributed by atoms with van der Waals surface area (Å²) < 4.78 is 0. The summed E-state index contributed by atoms with van der Waals surface area (Å²) in [5, 5.41) is 12.1. The van der Waals surface area contributed by atoms with Gasteiger partial charge >= 0.3 is 12.0 Å². The minimum absolute atomic E-state index is 0.0591. The van der Waals surface area contributed by atoms with Gasteiger partial charge in [-0.2, -0.15) is 0 Å². The summed E-state index contributed by atoms with van der Waals surface area (Å²) in [7, 11) is 0. The lowest BCUT2D eigenvalue weighted by Crippen LogP contribution is -2.52. The van der Waals surface area contributed by atoms with Gasteiger partial charge in [-0.1, -0.05) is 6.42 Å². The molecule has 3 fully saturated rings. The molecule has 3 heterocycles. The molecular formula is C15H25N3O3. The minimum atomic E-state index is -0.820. The second-order valence-electron chi connectivity index (χ2n) is 6.53. The quantitative estimate of drug-likeness (QED) is 0.822. The van der Waals surface area contributed by atoms with Gasteiger partial charge in [0.15, 0.2) is 0 Å². The van der Waals surface area contributed by atoms with Gasteiger partial charge in [-0.3, -0.25) is 9.69 Å². The van der Waals surface area contributed by atoms with Crippen molar-refractivity contribution in [3.63, 3.8) is 0 Å². The number of urea groups is 1. The molecule has 6 heteroatoms. The topological polar surface area (TPSA) is 72.9 Å². The number of amides is 2. The van der Waals surface area contributed by atoms with Crippen molar-refractivity contribution in [2.75, 3.05) is 19.6 Å². The van der Waals surface area contributed by atoms with E-state index in [1.54, 1.807) is 4.90 Å². The highest BCUT2D eigenvalue weighted by Gasteiger charge is 2.38. The fourth-order valence-corrected chi connectivity index (χ4v) is 4.17. The van der Waals surface area contributed by atoms with E-state index in [0.29, 0.717) is 12.6 Å². The Labute approximate surface area is 125 Å². The molecule has 0 aromatic carbocycles. The Morgan fingerprint density at radius 3 is 2.71 bits per heavy atom.